The lowest BCUT2D eigenvalue weighted by Crippen LogP contribution is -2.24. The van der Waals surface area contributed by atoms with Gasteiger partial charge in [-0.05, 0) is 25.1 Å². The zero-order valence-corrected chi connectivity index (χ0v) is 17.5. The predicted octanol–water partition coefficient (Wildman–Crippen LogP) is 2.88. The Hall–Kier alpha value is -3.71. The molecular weight excluding hydrogens is 454 g/mol. The van der Waals surface area contributed by atoms with Crippen LogP contribution in [0.15, 0.2) is 27.5 Å². The number of rotatable bonds is 2. The van der Waals surface area contributed by atoms with E-state index < -0.39 is 11.5 Å². The van der Waals surface area contributed by atoms with Gasteiger partial charge in [-0.3, -0.25) is 4.79 Å². The van der Waals surface area contributed by atoms with Gasteiger partial charge in [-0.15, -0.1) is 0 Å². The topological polar surface area (TPSA) is 160 Å². The fraction of sp³-hybridized carbons (Fsp3) is 0.150. The van der Waals surface area contributed by atoms with Crippen LogP contribution in [0.1, 0.15) is 33.9 Å². The fourth-order valence-electron chi connectivity index (χ4n) is 3.66. The van der Waals surface area contributed by atoms with Crippen molar-refractivity contribution in [2.45, 2.75) is 12.8 Å². The maximum absolute atomic E-state index is 12.9. The Labute approximate surface area is 179 Å². The minimum absolute atomic E-state index is 0.0222. The molecule has 3 aromatic rings. The third-order valence-corrected chi connectivity index (χ3v) is 5.38. The highest BCUT2D eigenvalue weighted by Gasteiger charge is 2.38. The van der Waals surface area contributed by atoms with E-state index in [4.69, 9.17) is 20.9 Å². The first kappa shape index (κ1) is 19.6. The first-order chi connectivity index (χ1) is 14.3. The summed E-state index contributed by atoms with van der Waals surface area (Å²) in [7, 11) is 1.47. The maximum Gasteiger partial charge on any atom is 0.256 e. The van der Waals surface area contributed by atoms with Crippen molar-refractivity contribution in [3.8, 4) is 29.2 Å². The van der Waals surface area contributed by atoms with E-state index in [2.05, 4.69) is 25.9 Å². The van der Waals surface area contributed by atoms with Gasteiger partial charge in [-0.25, -0.2) is 0 Å². The van der Waals surface area contributed by atoms with E-state index in [1.165, 1.54) is 13.2 Å². The second-order valence-corrected chi connectivity index (χ2v) is 7.67. The molecule has 1 unspecified atom stereocenters. The van der Waals surface area contributed by atoms with E-state index in [-0.39, 0.29) is 39.8 Å². The predicted molar refractivity (Wildman–Crippen MR) is 113 cm³/mol. The zero-order valence-electron chi connectivity index (χ0n) is 15.9. The molecule has 0 fully saturated rings. The minimum Gasteiger partial charge on any atom is -0.507 e. The van der Waals surface area contributed by atoms with E-state index in [9.17, 15) is 15.2 Å². The number of aromatic nitrogens is 2. The number of hydrogen-bond acceptors (Lipinski definition) is 8. The average Bonchev–Trinajstić information content (AvgIpc) is 2.66. The molecule has 10 heteroatoms. The van der Waals surface area contributed by atoms with Gasteiger partial charge in [0.1, 0.15) is 23.2 Å². The summed E-state index contributed by atoms with van der Waals surface area (Å²) in [5, 5.41) is 20.2. The van der Waals surface area contributed by atoms with Gasteiger partial charge in [0.2, 0.25) is 5.88 Å². The Morgan fingerprint density at radius 3 is 2.70 bits per heavy atom. The number of H-pyrrole nitrogens is 1. The summed E-state index contributed by atoms with van der Waals surface area (Å²) in [4.78, 5) is 19.8. The third kappa shape index (κ3) is 2.83. The molecule has 4 rings (SSSR count). The van der Waals surface area contributed by atoms with Gasteiger partial charge in [0.25, 0.3) is 5.56 Å². The number of nitriles is 1. The van der Waals surface area contributed by atoms with E-state index in [0.717, 1.165) is 0 Å². The van der Waals surface area contributed by atoms with Crippen LogP contribution < -0.4 is 26.5 Å². The molecule has 1 atom stereocenters. The third-order valence-electron chi connectivity index (χ3n) is 4.92. The van der Waals surface area contributed by atoms with Crippen molar-refractivity contribution in [3.05, 3.63) is 61.0 Å². The number of ether oxygens (including phenoxy) is 2. The molecule has 0 saturated heterocycles. The highest BCUT2D eigenvalue weighted by molar-refractivity contribution is 9.10. The van der Waals surface area contributed by atoms with E-state index in [1.807, 2.05) is 6.07 Å². The van der Waals surface area contributed by atoms with E-state index >= 15 is 0 Å². The largest absolute Gasteiger partial charge is 0.507 e. The SMILES string of the molecule is COc1cc(Br)cc2c1Oc1nc(N)c(C#N)c(N)c1C2c1c(O)cc(C)[nH]c1=O. The van der Waals surface area contributed by atoms with Gasteiger partial charge < -0.3 is 31.0 Å². The number of aryl methyl sites for hydroxylation is 1. The molecule has 1 aliphatic rings. The van der Waals surface area contributed by atoms with Crippen LogP contribution in [-0.2, 0) is 0 Å². The standard InChI is InChI=1S/C20H16BrN5O4/c1-7-3-11(27)14(19(28)25-7)13-9-4-8(21)5-12(29-2)17(9)30-20-15(13)16(23)10(6-22)18(24)26-20/h3-5,13H,1-2H3,(H4,23,24,26)(H2,25,27,28). The lowest BCUT2D eigenvalue weighted by atomic mass is 9.82. The van der Waals surface area contributed by atoms with E-state index in [0.29, 0.717) is 27.2 Å². The molecule has 1 aromatic carbocycles. The first-order valence-electron chi connectivity index (χ1n) is 8.73. The van der Waals surface area contributed by atoms with Crippen molar-refractivity contribution < 1.29 is 14.6 Å². The lowest BCUT2D eigenvalue weighted by Gasteiger charge is -2.30. The molecule has 2 aromatic heterocycles. The Kier molecular flexibility index (Phi) is 4.55. The highest BCUT2D eigenvalue weighted by Crippen LogP contribution is 2.54. The quantitative estimate of drug-likeness (QED) is 0.348. The van der Waals surface area contributed by atoms with Crippen LogP contribution in [0.5, 0.6) is 23.1 Å². The minimum atomic E-state index is -0.889. The number of fused-ring (bicyclic) bond motifs is 2. The van der Waals surface area contributed by atoms with Crippen molar-refractivity contribution >= 4 is 27.4 Å². The molecular formula is C20H16BrN5O4. The Morgan fingerprint density at radius 2 is 2.07 bits per heavy atom. The van der Waals surface area contributed by atoms with Gasteiger partial charge >= 0.3 is 0 Å². The number of aromatic amines is 1. The Bertz CT molecular complexity index is 1310. The number of nitrogens with zero attached hydrogens (tertiary/aromatic N) is 2. The zero-order chi connectivity index (χ0) is 21.7. The van der Waals surface area contributed by atoms with Gasteiger partial charge in [-0.1, -0.05) is 15.9 Å². The number of hydrogen-bond donors (Lipinski definition) is 4. The molecule has 0 radical (unpaired) electrons. The van der Waals surface area contributed by atoms with Crippen LogP contribution in [0, 0.1) is 18.3 Å². The number of benzene rings is 1. The van der Waals surface area contributed by atoms with Crippen LogP contribution in [0.4, 0.5) is 11.5 Å². The van der Waals surface area contributed by atoms with Crippen LogP contribution in [-0.4, -0.2) is 22.2 Å². The molecule has 6 N–H and O–H groups in total. The second-order valence-electron chi connectivity index (χ2n) is 6.76. The summed E-state index contributed by atoms with van der Waals surface area (Å²) in [6.45, 7) is 1.65. The molecule has 0 aliphatic carbocycles. The Balaban J connectivity index is 2.16. The summed E-state index contributed by atoms with van der Waals surface area (Å²) in [5.74, 6) is -0.515. The van der Waals surface area contributed by atoms with Gasteiger partial charge in [-0.2, -0.15) is 10.2 Å². The summed E-state index contributed by atoms with van der Waals surface area (Å²) >= 11 is 3.43. The summed E-state index contributed by atoms with van der Waals surface area (Å²) in [6.07, 6.45) is 0. The molecule has 0 saturated carbocycles. The van der Waals surface area contributed by atoms with Gasteiger partial charge in [0, 0.05) is 15.7 Å². The second kappa shape index (κ2) is 6.96. The molecule has 0 amide bonds. The van der Waals surface area contributed by atoms with Crippen molar-refractivity contribution in [1.29, 1.82) is 5.26 Å². The molecule has 0 spiro atoms. The number of halogens is 1. The molecule has 0 bridgehead atoms. The van der Waals surface area contributed by atoms with Gasteiger partial charge in [0.05, 0.1) is 29.8 Å². The molecule has 3 heterocycles. The number of nitrogens with two attached hydrogens (primary N) is 2. The fourth-order valence-corrected chi connectivity index (χ4v) is 4.12. The van der Waals surface area contributed by atoms with Gasteiger partial charge in [0.15, 0.2) is 11.5 Å². The van der Waals surface area contributed by atoms with Crippen LogP contribution >= 0.6 is 15.9 Å². The normalized spacial score (nSPS) is 14.3. The summed E-state index contributed by atoms with van der Waals surface area (Å²) in [6, 6.07) is 6.79. The molecule has 1 aliphatic heterocycles. The van der Waals surface area contributed by atoms with Crippen molar-refractivity contribution in [2.75, 3.05) is 18.6 Å². The number of nitrogen functional groups attached to an aromatic ring is 2. The number of aromatic hydroxyl groups is 1. The molecule has 30 heavy (non-hydrogen) atoms. The van der Waals surface area contributed by atoms with Crippen LogP contribution in [0.2, 0.25) is 0 Å². The Morgan fingerprint density at radius 1 is 1.33 bits per heavy atom. The summed E-state index contributed by atoms with van der Waals surface area (Å²) < 4.78 is 12.0. The van der Waals surface area contributed by atoms with E-state index in [1.54, 1.807) is 19.1 Å². The van der Waals surface area contributed by atoms with Crippen LogP contribution in [0.25, 0.3) is 0 Å². The maximum atomic E-state index is 12.9. The monoisotopic (exact) mass is 469 g/mol. The number of pyridine rings is 2. The average molecular weight is 470 g/mol. The molecule has 152 valence electrons. The van der Waals surface area contributed by atoms with Crippen molar-refractivity contribution in [1.82, 2.24) is 9.97 Å². The number of methoxy groups -OCH3 is 1. The number of nitrogens with one attached hydrogen (secondary N) is 1. The summed E-state index contributed by atoms with van der Waals surface area (Å²) in [5.41, 5.74) is 12.9. The van der Waals surface area contributed by atoms with Crippen LogP contribution in [0.3, 0.4) is 0 Å². The molecule has 9 nitrogen and oxygen atoms in total. The number of anilines is 2. The van der Waals surface area contributed by atoms with Crippen molar-refractivity contribution in [3.63, 3.8) is 0 Å². The first-order valence-corrected chi connectivity index (χ1v) is 9.53. The lowest BCUT2D eigenvalue weighted by molar-refractivity contribution is 0.362. The highest BCUT2D eigenvalue weighted by atomic mass is 79.9. The smallest absolute Gasteiger partial charge is 0.256 e. The van der Waals surface area contributed by atoms with Crippen molar-refractivity contribution in [2.24, 2.45) is 0 Å².